The molecule has 0 atom stereocenters. The fraction of sp³-hybridized carbons (Fsp3) is 0.467. The van der Waals surface area contributed by atoms with Crippen LogP contribution >= 0.6 is 39.1 Å². The lowest BCUT2D eigenvalue weighted by molar-refractivity contribution is -0.114. The van der Waals surface area contributed by atoms with Gasteiger partial charge in [0, 0.05) is 11.9 Å². The molecule has 1 aliphatic rings. The highest BCUT2D eigenvalue weighted by atomic mass is 79.9. The molecule has 0 fully saturated rings. The van der Waals surface area contributed by atoms with Crippen molar-refractivity contribution in [3.05, 3.63) is 27.7 Å². The van der Waals surface area contributed by atoms with Gasteiger partial charge in [-0.15, -0.1) is 0 Å². The number of halogens is 3. The maximum atomic E-state index is 12.3. The zero-order valence-corrected chi connectivity index (χ0v) is 15.0. The van der Waals surface area contributed by atoms with Crippen molar-refractivity contribution < 1.29 is 9.59 Å². The lowest BCUT2D eigenvalue weighted by Crippen LogP contribution is -2.41. The van der Waals surface area contributed by atoms with Crippen molar-refractivity contribution in [2.24, 2.45) is 5.41 Å². The Bertz CT molecular complexity index is 591. The van der Waals surface area contributed by atoms with Crippen LogP contribution in [-0.2, 0) is 4.79 Å². The fourth-order valence-corrected chi connectivity index (χ4v) is 4.01. The number of hydrogen-bond acceptors (Lipinski definition) is 2. The minimum Gasteiger partial charge on any atom is -0.303 e. The molecule has 1 aromatic carbocycles. The molecular formula is C15H16BrCl2NO2. The average Bonchev–Trinajstić information content (AvgIpc) is 2.74. The maximum Gasteiger partial charge on any atom is 0.299 e. The third-order valence-electron chi connectivity index (χ3n) is 4.29. The highest BCUT2D eigenvalue weighted by molar-refractivity contribution is 9.09. The number of amides is 1. The van der Waals surface area contributed by atoms with Crippen LogP contribution in [0.25, 0.3) is 0 Å². The van der Waals surface area contributed by atoms with E-state index in [1.54, 1.807) is 12.1 Å². The number of carbonyl (C=O) groups is 2. The van der Waals surface area contributed by atoms with Gasteiger partial charge in [0.2, 0.25) is 0 Å². The number of alkyl halides is 1. The summed E-state index contributed by atoms with van der Waals surface area (Å²) in [7, 11) is 0. The fourth-order valence-electron chi connectivity index (χ4n) is 2.54. The Hall–Kier alpha value is -0.580. The Morgan fingerprint density at radius 2 is 1.71 bits per heavy atom. The molecule has 3 nitrogen and oxygen atoms in total. The second kappa shape index (κ2) is 6.27. The van der Waals surface area contributed by atoms with E-state index in [1.807, 2.05) is 0 Å². The molecule has 0 spiro atoms. The van der Waals surface area contributed by atoms with Crippen molar-refractivity contribution in [3.8, 4) is 0 Å². The number of benzene rings is 1. The maximum absolute atomic E-state index is 12.3. The van der Waals surface area contributed by atoms with Gasteiger partial charge >= 0.3 is 0 Å². The molecule has 114 valence electrons. The molecule has 1 aromatic rings. The van der Waals surface area contributed by atoms with Crippen LogP contribution in [0.4, 0.5) is 5.69 Å². The average molecular weight is 393 g/mol. The van der Waals surface area contributed by atoms with Gasteiger partial charge in [-0.1, -0.05) is 53.0 Å². The van der Waals surface area contributed by atoms with Gasteiger partial charge < -0.3 is 4.90 Å². The standard InChI is InChI=1S/C15H16BrCl2NO2/c1-3-15(4-2,7-16)8-19-12-10(18)6-5-9(17)11(12)13(20)14(19)21/h5-6H,3-4,7-8H2,1-2H3. The van der Waals surface area contributed by atoms with Crippen LogP contribution in [0, 0.1) is 5.41 Å². The second-order valence-electron chi connectivity index (χ2n) is 5.31. The Morgan fingerprint density at radius 3 is 2.24 bits per heavy atom. The number of fused-ring (bicyclic) bond motifs is 1. The number of hydrogen-bond donors (Lipinski definition) is 0. The highest BCUT2D eigenvalue weighted by Gasteiger charge is 2.42. The van der Waals surface area contributed by atoms with E-state index in [4.69, 9.17) is 23.2 Å². The SMILES string of the molecule is CCC(CC)(CBr)CN1C(=O)C(=O)c2c(Cl)ccc(Cl)c21. The molecule has 0 aromatic heterocycles. The number of anilines is 1. The molecule has 2 rings (SSSR count). The van der Waals surface area contributed by atoms with E-state index in [-0.39, 0.29) is 16.0 Å². The van der Waals surface area contributed by atoms with Crippen molar-refractivity contribution in [2.75, 3.05) is 16.8 Å². The lowest BCUT2D eigenvalue weighted by atomic mass is 9.84. The first-order valence-corrected chi connectivity index (χ1v) is 8.68. The first-order chi connectivity index (χ1) is 9.90. The van der Waals surface area contributed by atoms with E-state index in [0.29, 0.717) is 17.3 Å². The second-order valence-corrected chi connectivity index (χ2v) is 6.69. The van der Waals surface area contributed by atoms with Crippen LogP contribution in [0.3, 0.4) is 0 Å². The topological polar surface area (TPSA) is 37.4 Å². The van der Waals surface area contributed by atoms with Crippen LogP contribution in [-0.4, -0.2) is 23.6 Å². The van der Waals surface area contributed by atoms with Crippen molar-refractivity contribution in [3.63, 3.8) is 0 Å². The molecule has 0 radical (unpaired) electrons. The van der Waals surface area contributed by atoms with Gasteiger partial charge in [-0.3, -0.25) is 9.59 Å². The van der Waals surface area contributed by atoms with Crippen LogP contribution in [0.1, 0.15) is 37.0 Å². The number of ketones is 1. The Balaban J connectivity index is 2.51. The number of nitrogens with zero attached hydrogens (tertiary/aromatic N) is 1. The van der Waals surface area contributed by atoms with E-state index < -0.39 is 11.7 Å². The summed E-state index contributed by atoms with van der Waals surface area (Å²) in [6.07, 6.45) is 1.78. The van der Waals surface area contributed by atoms with Gasteiger partial charge in [0.15, 0.2) is 0 Å². The Kier molecular flexibility index (Phi) is 5.01. The minimum absolute atomic E-state index is 0.0941. The Labute approximate surface area is 142 Å². The highest BCUT2D eigenvalue weighted by Crippen LogP contribution is 2.42. The summed E-state index contributed by atoms with van der Waals surface area (Å²) in [5, 5.41) is 1.40. The predicted molar refractivity (Wildman–Crippen MR) is 90.0 cm³/mol. The summed E-state index contributed by atoms with van der Waals surface area (Å²) in [6, 6.07) is 3.17. The summed E-state index contributed by atoms with van der Waals surface area (Å²) >= 11 is 15.8. The molecule has 1 heterocycles. The molecule has 0 saturated carbocycles. The quantitative estimate of drug-likeness (QED) is 0.536. The molecule has 6 heteroatoms. The summed E-state index contributed by atoms with van der Waals surface area (Å²) in [5.74, 6) is -1.12. The summed E-state index contributed by atoms with van der Waals surface area (Å²) in [6.45, 7) is 4.60. The van der Waals surface area contributed by atoms with Gasteiger partial charge in [0.1, 0.15) is 0 Å². The van der Waals surface area contributed by atoms with Gasteiger partial charge in [-0.25, -0.2) is 0 Å². The number of Topliss-reactive ketones (excluding diaryl/α,β-unsaturated/α-hetero) is 1. The first kappa shape index (κ1) is 16.8. The lowest BCUT2D eigenvalue weighted by Gasteiger charge is -2.34. The molecule has 0 bridgehead atoms. The molecule has 1 aliphatic heterocycles. The number of carbonyl (C=O) groups excluding carboxylic acids is 2. The zero-order chi connectivity index (χ0) is 15.8. The minimum atomic E-state index is -0.576. The molecule has 0 unspecified atom stereocenters. The molecule has 0 saturated heterocycles. The van der Waals surface area contributed by atoms with Crippen LogP contribution in [0.15, 0.2) is 12.1 Å². The molecule has 0 aliphatic carbocycles. The zero-order valence-electron chi connectivity index (χ0n) is 11.9. The predicted octanol–water partition coefficient (Wildman–Crippen LogP) is 4.72. The van der Waals surface area contributed by atoms with E-state index in [9.17, 15) is 9.59 Å². The van der Waals surface area contributed by atoms with E-state index in [1.165, 1.54) is 4.90 Å². The third-order valence-corrected chi connectivity index (χ3v) is 6.10. The first-order valence-electron chi connectivity index (χ1n) is 6.81. The largest absolute Gasteiger partial charge is 0.303 e. The van der Waals surface area contributed by atoms with Gasteiger partial charge in [0.05, 0.1) is 21.3 Å². The van der Waals surface area contributed by atoms with E-state index in [2.05, 4.69) is 29.8 Å². The summed E-state index contributed by atoms with van der Waals surface area (Å²) in [4.78, 5) is 26.0. The van der Waals surface area contributed by atoms with Gasteiger partial charge in [0.25, 0.3) is 11.7 Å². The van der Waals surface area contributed by atoms with Crippen molar-refractivity contribution in [1.82, 2.24) is 0 Å². The third kappa shape index (κ3) is 2.73. The number of rotatable bonds is 5. The smallest absolute Gasteiger partial charge is 0.299 e. The summed E-state index contributed by atoms with van der Waals surface area (Å²) < 4.78 is 0. The van der Waals surface area contributed by atoms with Crippen LogP contribution in [0.2, 0.25) is 10.0 Å². The van der Waals surface area contributed by atoms with Crippen molar-refractivity contribution >= 4 is 56.5 Å². The van der Waals surface area contributed by atoms with Crippen LogP contribution < -0.4 is 4.90 Å². The molecule has 21 heavy (non-hydrogen) atoms. The van der Waals surface area contributed by atoms with Crippen LogP contribution in [0.5, 0.6) is 0 Å². The normalized spacial score (nSPS) is 14.8. The van der Waals surface area contributed by atoms with Crippen molar-refractivity contribution in [1.29, 1.82) is 0 Å². The van der Waals surface area contributed by atoms with Gasteiger partial charge in [-0.05, 0) is 30.4 Å². The van der Waals surface area contributed by atoms with Crippen molar-refractivity contribution in [2.45, 2.75) is 26.7 Å². The van der Waals surface area contributed by atoms with E-state index in [0.717, 1.165) is 18.2 Å². The molecular weight excluding hydrogens is 377 g/mol. The van der Waals surface area contributed by atoms with Gasteiger partial charge in [-0.2, -0.15) is 0 Å². The monoisotopic (exact) mass is 391 g/mol. The molecule has 0 N–H and O–H groups in total. The summed E-state index contributed by atoms with van der Waals surface area (Å²) in [5.41, 5.74) is 0.583. The Morgan fingerprint density at radius 1 is 1.14 bits per heavy atom. The molecule has 1 amide bonds. The van der Waals surface area contributed by atoms with E-state index >= 15 is 0 Å².